The van der Waals surface area contributed by atoms with Crippen molar-refractivity contribution in [1.29, 1.82) is 0 Å². The van der Waals surface area contributed by atoms with Gasteiger partial charge in [-0.15, -0.1) is 0 Å². The van der Waals surface area contributed by atoms with Gasteiger partial charge in [-0.3, -0.25) is 5.01 Å². The second-order valence-corrected chi connectivity index (χ2v) is 10.5. The minimum atomic E-state index is 0.102. The maximum Gasteiger partial charge on any atom is 0.118 e. The molecular weight excluding hydrogens is 504 g/mol. The molecule has 0 saturated heterocycles. The summed E-state index contributed by atoms with van der Waals surface area (Å²) in [6, 6.07) is 32.7. The molecule has 41 heavy (non-hydrogen) atoms. The summed E-state index contributed by atoms with van der Waals surface area (Å²) in [4.78, 5) is 2.39. The highest BCUT2D eigenvalue weighted by atomic mass is 16.5. The van der Waals surface area contributed by atoms with E-state index in [9.17, 15) is 0 Å². The van der Waals surface area contributed by atoms with Crippen LogP contribution >= 0.6 is 0 Å². The zero-order valence-electron chi connectivity index (χ0n) is 24.4. The maximum atomic E-state index is 5.33. The van der Waals surface area contributed by atoms with E-state index >= 15 is 0 Å². The Morgan fingerprint density at radius 1 is 0.829 bits per heavy atom. The smallest absolute Gasteiger partial charge is 0.118 e. The van der Waals surface area contributed by atoms with E-state index < -0.39 is 0 Å². The van der Waals surface area contributed by atoms with E-state index in [2.05, 4.69) is 126 Å². The first kappa shape index (κ1) is 26.7. The zero-order chi connectivity index (χ0) is 28.3. The SMILES string of the molecule is CCN(CC)c1ccc(C2CC(C=Cc3ccc(OC)cc3)=NN2c2cccc3c4ccccc4n(CC)c23)cc1. The lowest BCUT2D eigenvalue weighted by Crippen LogP contribution is -2.22. The van der Waals surface area contributed by atoms with Crippen LogP contribution in [0, 0.1) is 0 Å². The largest absolute Gasteiger partial charge is 0.497 e. The van der Waals surface area contributed by atoms with Crippen molar-refractivity contribution in [2.75, 3.05) is 30.1 Å². The number of anilines is 2. The fraction of sp³-hybridized carbons (Fsp3) is 0.250. The first-order valence-electron chi connectivity index (χ1n) is 14.7. The number of ether oxygens (including phenoxy) is 1. The Morgan fingerprint density at radius 3 is 2.27 bits per heavy atom. The third-order valence-corrected chi connectivity index (χ3v) is 8.26. The molecule has 1 atom stereocenters. The maximum absolute atomic E-state index is 5.33. The fourth-order valence-electron chi connectivity index (χ4n) is 6.12. The van der Waals surface area contributed by atoms with Crippen LogP contribution in [-0.2, 0) is 6.54 Å². The lowest BCUT2D eigenvalue weighted by Gasteiger charge is -2.26. The van der Waals surface area contributed by atoms with Crippen molar-refractivity contribution in [3.05, 3.63) is 108 Å². The molecule has 0 aliphatic carbocycles. The second-order valence-electron chi connectivity index (χ2n) is 10.5. The van der Waals surface area contributed by atoms with Gasteiger partial charge < -0.3 is 14.2 Å². The third-order valence-electron chi connectivity index (χ3n) is 8.26. The molecule has 4 aromatic carbocycles. The molecule has 1 aliphatic rings. The van der Waals surface area contributed by atoms with Gasteiger partial charge in [0, 0.05) is 48.0 Å². The number of aromatic nitrogens is 1. The van der Waals surface area contributed by atoms with Crippen LogP contribution in [0.3, 0.4) is 0 Å². The van der Waals surface area contributed by atoms with Crippen molar-refractivity contribution >= 4 is 45.0 Å². The van der Waals surface area contributed by atoms with Crippen molar-refractivity contribution in [2.45, 2.75) is 39.8 Å². The monoisotopic (exact) mass is 542 g/mol. The van der Waals surface area contributed by atoms with Gasteiger partial charge in [0.15, 0.2) is 0 Å². The number of hydrogen-bond donors (Lipinski definition) is 0. The highest BCUT2D eigenvalue weighted by Gasteiger charge is 2.30. The number of hydrazone groups is 1. The topological polar surface area (TPSA) is 33.0 Å². The molecule has 1 aromatic heterocycles. The van der Waals surface area contributed by atoms with Crippen molar-refractivity contribution in [1.82, 2.24) is 4.57 Å². The van der Waals surface area contributed by atoms with Crippen LogP contribution in [0.25, 0.3) is 27.9 Å². The van der Waals surface area contributed by atoms with Gasteiger partial charge in [-0.2, -0.15) is 5.10 Å². The number of benzene rings is 4. The van der Waals surface area contributed by atoms with Crippen LogP contribution in [0.4, 0.5) is 11.4 Å². The molecule has 0 amide bonds. The summed E-state index contributed by atoms with van der Waals surface area (Å²) in [5.41, 5.74) is 8.37. The lowest BCUT2D eigenvalue weighted by atomic mass is 10.00. The molecule has 1 unspecified atom stereocenters. The summed E-state index contributed by atoms with van der Waals surface area (Å²) in [5, 5.41) is 10.1. The van der Waals surface area contributed by atoms with Crippen molar-refractivity contribution < 1.29 is 4.74 Å². The van der Waals surface area contributed by atoms with E-state index in [1.54, 1.807) is 7.11 Å². The van der Waals surface area contributed by atoms with Gasteiger partial charge in [-0.1, -0.05) is 60.7 Å². The predicted molar refractivity (Wildman–Crippen MR) is 174 cm³/mol. The van der Waals surface area contributed by atoms with Crippen LogP contribution in [0.2, 0.25) is 0 Å². The number of para-hydroxylation sites is 2. The standard InChI is InChI=1S/C36H38N4O/c1-5-38(6-2)29-21-18-27(19-22-29)35-25-28(20-15-26-16-23-30(41-4)24-17-26)37-40(35)34-14-10-12-32-31-11-8-9-13-33(31)39(7-3)36(32)34/h8-24,35H,5-7,25H2,1-4H3. The first-order valence-corrected chi connectivity index (χ1v) is 14.7. The van der Waals surface area contributed by atoms with Crippen LogP contribution in [0.5, 0.6) is 5.75 Å². The summed E-state index contributed by atoms with van der Waals surface area (Å²) in [7, 11) is 1.69. The van der Waals surface area contributed by atoms with Crippen molar-refractivity contribution in [2.24, 2.45) is 5.10 Å². The summed E-state index contributed by atoms with van der Waals surface area (Å²) >= 11 is 0. The molecule has 0 bridgehead atoms. The van der Waals surface area contributed by atoms with Crippen LogP contribution in [0.1, 0.15) is 44.4 Å². The summed E-state index contributed by atoms with van der Waals surface area (Å²) in [5.74, 6) is 0.860. The number of aryl methyl sites for hydroxylation is 1. The Balaban J connectivity index is 1.44. The normalized spacial score (nSPS) is 15.3. The number of methoxy groups -OCH3 is 1. The minimum absolute atomic E-state index is 0.102. The average Bonchev–Trinajstić information content (AvgIpc) is 3.60. The molecule has 5 aromatic rings. The molecule has 0 fully saturated rings. The Hall–Kier alpha value is -4.51. The highest BCUT2D eigenvalue weighted by molar-refractivity contribution is 6.12. The molecule has 6 rings (SSSR count). The lowest BCUT2D eigenvalue weighted by molar-refractivity contribution is 0.415. The van der Waals surface area contributed by atoms with Gasteiger partial charge >= 0.3 is 0 Å². The predicted octanol–water partition coefficient (Wildman–Crippen LogP) is 8.69. The Labute approximate surface area is 243 Å². The van der Waals surface area contributed by atoms with Crippen molar-refractivity contribution in [3.8, 4) is 5.75 Å². The minimum Gasteiger partial charge on any atom is -0.497 e. The molecule has 5 heteroatoms. The number of fused-ring (bicyclic) bond motifs is 3. The quantitative estimate of drug-likeness (QED) is 0.187. The van der Waals surface area contributed by atoms with Crippen LogP contribution < -0.4 is 14.6 Å². The van der Waals surface area contributed by atoms with E-state index in [0.29, 0.717) is 0 Å². The van der Waals surface area contributed by atoms with Gasteiger partial charge in [0.2, 0.25) is 0 Å². The average molecular weight is 543 g/mol. The molecule has 0 spiro atoms. The van der Waals surface area contributed by atoms with E-state index in [0.717, 1.165) is 48.8 Å². The zero-order valence-corrected chi connectivity index (χ0v) is 24.4. The Kier molecular flexibility index (Phi) is 7.51. The van der Waals surface area contributed by atoms with Crippen molar-refractivity contribution in [3.63, 3.8) is 0 Å². The molecule has 0 saturated carbocycles. The summed E-state index contributed by atoms with van der Waals surface area (Å²) in [6.45, 7) is 9.53. The molecule has 5 nitrogen and oxygen atoms in total. The summed E-state index contributed by atoms with van der Waals surface area (Å²) in [6.07, 6.45) is 5.14. The van der Waals surface area contributed by atoms with Gasteiger partial charge in [-0.25, -0.2) is 0 Å². The number of rotatable bonds is 9. The van der Waals surface area contributed by atoms with Gasteiger partial charge in [0.1, 0.15) is 5.75 Å². The van der Waals surface area contributed by atoms with E-state index in [1.807, 2.05) is 12.1 Å². The van der Waals surface area contributed by atoms with E-state index in [1.165, 1.54) is 33.1 Å². The molecule has 2 heterocycles. The first-order chi connectivity index (χ1) is 20.1. The van der Waals surface area contributed by atoms with E-state index in [-0.39, 0.29) is 6.04 Å². The fourth-order valence-corrected chi connectivity index (χ4v) is 6.12. The Bertz CT molecular complexity index is 1710. The van der Waals surface area contributed by atoms with Gasteiger partial charge in [0.25, 0.3) is 0 Å². The summed E-state index contributed by atoms with van der Waals surface area (Å²) < 4.78 is 7.76. The molecule has 208 valence electrons. The number of hydrogen-bond acceptors (Lipinski definition) is 4. The molecule has 0 radical (unpaired) electrons. The van der Waals surface area contributed by atoms with E-state index in [4.69, 9.17) is 9.84 Å². The van der Waals surface area contributed by atoms with Crippen LogP contribution in [0.15, 0.2) is 102 Å². The van der Waals surface area contributed by atoms with Gasteiger partial charge in [-0.05, 0) is 74.4 Å². The molecule has 0 N–H and O–H groups in total. The Morgan fingerprint density at radius 2 is 1.56 bits per heavy atom. The highest BCUT2D eigenvalue weighted by Crippen LogP contribution is 2.42. The van der Waals surface area contributed by atoms with Gasteiger partial charge in [0.05, 0.1) is 30.1 Å². The second kappa shape index (κ2) is 11.5. The molecule has 1 aliphatic heterocycles. The molecular formula is C36H38N4O. The number of nitrogens with zero attached hydrogens (tertiary/aromatic N) is 4. The third kappa shape index (κ3) is 4.97. The van der Waals surface area contributed by atoms with Crippen LogP contribution in [-0.4, -0.2) is 30.5 Å². The number of allylic oxidation sites excluding steroid dienone is 1.